The predicted molar refractivity (Wildman–Crippen MR) is 68.8 cm³/mol. The molecule has 0 heterocycles. The van der Waals surface area contributed by atoms with Crippen LogP contribution in [-0.4, -0.2) is 22.4 Å². The molecule has 2 aromatic carbocycles. The molecule has 0 spiro atoms. The van der Waals surface area contributed by atoms with Crippen LogP contribution in [0.25, 0.3) is 0 Å². The average molecular weight is 241 g/mol. The lowest BCUT2D eigenvalue weighted by Crippen LogP contribution is -2.00. The SMILES string of the molecule is O=C(O)c1ccccc1/C=N\c1ccccc1O. The maximum atomic E-state index is 11.0. The van der Waals surface area contributed by atoms with Crippen LogP contribution >= 0.6 is 0 Å². The first-order valence-electron chi connectivity index (χ1n) is 5.33. The summed E-state index contributed by atoms with van der Waals surface area (Å²) < 4.78 is 0. The number of aliphatic imine (C=N–C) groups is 1. The van der Waals surface area contributed by atoms with E-state index in [1.165, 1.54) is 18.3 Å². The van der Waals surface area contributed by atoms with Gasteiger partial charge < -0.3 is 10.2 Å². The van der Waals surface area contributed by atoms with E-state index < -0.39 is 5.97 Å². The second kappa shape index (κ2) is 5.14. The number of hydrogen-bond acceptors (Lipinski definition) is 3. The lowest BCUT2D eigenvalue weighted by molar-refractivity contribution is 0.0697. The summed E-state index contributed by atoms with van der Waals surface area (Å²) in [4.78, 5) is 15.1. The second-order valence-electron chi connectivity index (χ2n) is 3.64. The van der Waals surface area contributed by atoms with Crippen molar-refractivity contribution in [1.29, 1.82) is 0 Å². The van der Waals surface area contributed by atoms with Crippen LogP contribution < -0.4 is 0 Å². The molecule has 0 saturated heterocycles. The first-order valence-corrected chi connectivity index (χ1v) is 5.33. The summed E-state index contributed by atoms with van der Waals surface area (Å²) >= 11 is 0. The number of phenolic OH excluding ortho intramolecular Hbond substituents is 1. The Morgan fingerprint density at radius 2 is 1.72 bits per heavy atom. The van der Waals surface area contributed by atoms with E-state index >= 15 is 0 Å². The number of hydrogen-bond donors (Lipinski definition) is 2. The molecule has 0 bridgehead atoms. The molecular weight excluding hydrogens is 230 g/mol. The van der Waals surface area contributed by atoms with Crippen molar-refractivity contribution < 1.29 is 15.0 Å². The third-order valence-corrected chi connectivity index (χ3v) is 2.42. The Morgan fingerprint density at radius 1 is 1.06 bits per heavy atom. The fraction of sp³-hybridized carbons (Fsp3) is 0. The molecule has 0 atom stereocenters. The van der Waals surface area contributed by atoms with Gasteiger partial charge in [0, 0.05) is 11.8 Å². The maximum Gasteiger partial charge on any atom is 0.336 e. The number of aromatic hydroxyl groups is 1. The van der Waals surface area contributed by atoms with E-state index in [1.807, 2.05) is 0 Å². The molecule has 0 aliphatic heterocycles. The third-order valence-electron chi connectivity index (χ3n) is 2.42. The molecule has 0 aliphatic carbocycles. The highest BCUT2D eigenvalue weighted by Crippen LogP contribution is 2.24. The van der Waals surface area contributed by atoms with Gasteiger partial charge in [-0.05, 0) is 18.2 Å². The lowest BCUT2D eigenvalue weighted by atomic mass is 10.1. The zero-order valence-electron chi connectivity index (χ0n) is 9.45. The van der Waals surface area contributed by atoms with E-state index in [4.69, 9.17) is 5.11 Å². The highest BCUT2D eigenvalue weighted by atomic mass is 16.4. The van der Waals surface area contributed by atoms with Crippen LogP contribution in [0.4, 0.5) is 5.69 Å². The van der Waals surface area contributed by atoms with Crippen LogP contribution in [0.15, 0.2) is 53.5 Å². The van der Waals surface area contributed by atoms with E-state index in [0.717, 1.165) is 0 Å². The number of phenols is 1. The molecule has 0 unspecified atom stereocenters. The minimum atomic E-state index is -1.01. The van der Waals surface area contributed by atoms with Crippen LogP contribution in [0.5, 0.6) is 5.75 Å². The average Bonchev–Trinajstić information content (AvgIpc) is 2.38. The number of carboxylic acid groups (broad SMARTS) is 1. The van der Waals surface area contributed by atoms with Gasteiger partial charge >= 0.3 is 5.97 Å². The number of benzene rings is 2. The van der Waals surface area contributed by atoms with Crippen molar-refractivity contribution >= 4 is 17.9 Å². The highest BCUT2D eigenvalue weighted by molar-refractivity contribution is 5.99. The molecular formula is C14H11NO3. The van der Waals surface area contributed by atoms with Crippen molar-refractivity contribution in [1.82, 2.24) is 0 Å². The lowest BCUT2D eigenvalue weighted by Gasteiger charge is -2.00. The molecule has 2 aromatic rings. The molecule has 4 heteroatoms. The van der Waals surface area contributed by atoms with E-state index in [9.17, 15) is 9.90 Å². The molecule has 0 radical (unpaired) electrons. The highest BCUT2D eigenvalue weighted by Gasteiger charge is 2.06. The quantitative estimate of drug-likeness (QED) is 0.812. The van der Waals surface area contributed by atoms with Gasteiger partial charge in [0.1, 0.15) is 11.4 Å². The van der Waals surface area contributed by atoms with Crippen molar-refractivity contribution in [3.8, 4) is 5.75 Å². The molecule has 2 N–H and O–H groups in total. The Labute approximate surface area is 104 Å². The Bertz CT molecular complexity index is 605. The minimum absolute atomic E-state index is 0.0570. The maximum absolute atomic E-state index is 11.0. The number of para-hydroxylation sites is 2. The topological polar surface area (TPSA) is 69.9 Å². The summed E-state index contributed by atoms with van der Waals surface area (Å²) in [5.41, 5.74) is 1.07. The summed E-state index contributed by atoms with van der Waals surface area (Å²) in [7, 11) is 0. The molecule has 4 nitrogen and oxygen atoms in total. The van der Waals surface area contributed by atoms with E-state index in [-0.39, 0.29) is 11.3 Å². The second-order valence-corrected chi connectivity index (χ2v) is 3.64. The van der Waals surface area contributed by atoms with Crippen LogP contribution in [0.3, 0.4) is 0 Å². The van der Waals surface area contributed by atoms with Crippen molar-refractivity contribution in [2.24, 2.45) is 4.99 Å². The van der Waals surface area contributed by atoms with Gasteiger partial charge in [-0.1, -0.05) is 30.3 Å². The molecule has 18 heavy (non-hydrogen) atoms. The summed E-state index contributed by atoms with van der Waals surface area (Å²) in [6.45, 7) is 0. The van der Waals surface area contributed by atoms with Crippen LogP contribution in [-0.2, 0) is 0 Å². The molecule has 0 saturated carbocycles. The predicted octanol–water partition coefficient (Wildman–Crippen LogP) is 2.84. The molecule has 0 fully saturated rings. The zero-order valence-corrected chi connectivity index (χ0v) is 9.45. The van der Waals surface area contributed by atoms with Gasteiger partial charge in [0.25, 0.3) is 0 Å². The molecule has 0 amide bonds. The van der Waals surface area contributed by atoms with Crippen molar-refractivity contribution in [2.75, 3.05) is 0 Å². The zero-order chi connectivity index (χ0) is 13.0. The van der Waals surface area contributed by atoms with E-state index in [2.05, 4.69) is 4.99 Å². The molecule has 0 aromatic heterocycles. The van der Waals surface area contributed by atoms with Gasteiger partial charge in [-0.2, -0.15) is 0 Å². The Balaban J connectivity index is 2.35. The number of carbonyl (C=O) groups is 1. The molecule has 0 aliphatic rings. The first kappa shape index (κ1) is 11.9. The largest absolute Gasteiger partial charge is 0.506 e. The van der Waals surface area contributed by atoms with Gasteiger partial charge in [-0.3, -0.25) is 4.99 Å². The van der Waals surface area contributed by atoms with Gasteiger partial charge in [0.2, 0.25) is 0 Å². The molecule has 2 rings (SSSR count). The van der Waals surface area contributed by atoms with Crippen LogP contribution in [0.1, 0.15) is 15.9 Å². The molecule has 90 valence electrons. The van der Waals surface area contributed by atoms with Crippen LogP contribution in [0.2, 0.25) is 0 Å². The summed E-state index contributed by atoms with van der Waals surface area (Å²) in [5.74, 6) is -0.948. The number of rotatable bonds is 3. The smallest absolute Gasteiger partial charge is 0.336 e. The monoisotopic (exact) mass is 241 g/mol. The summed E-state index contributed by atoms with van der Waals surface area (Å²) in [6, 6.07) is 13.2. The number of nitrogens with zero attached hydrogens (tertiary/aromatic N) is 1. The third kappa shape index (κ3) is 2.55. The van der Waals surface area contributed by atoms with Crippen LogP contribution in [0, 0.1) is 0 Å². The van der Waals surface area contributed by atoms with E-state index in [0.29, 0.717) is 11.3 Å². The van der Waals surface area contributed by atoms with Crippen molar-refractivity contribution in [3.63, 3.8) is 0 Å². The van der Waals surface area contributed by atoms with Gasteiger partial charge in [0.15, 0.2) is 0 Å². The van der Waals surface area contributed by atoms with Gasteiger partial charge in [-0.15, -0.1) is 0 Å². The normalized spacial score (nSPS) is 10.7. The van der Waals surface area contributed by atoms with E-state index in [1.54, 1.807) is 36.4 Å². The number of aromatic carboxylic acids is 1. The standard InChI is InChI=1S/C14H11NO3/c16-13-8-4-3-7-12(13)15-9-10-5-1-2-6-11(10)14(17)18/h1-9,16H,(H,17,18)/b15-9-. The summed E-state index contributed by atoms with van der Waals surface area (Å²) in [6.07, 6.45) is 1.43. The summed E-state index contributed by atoms with van der Waals surface area (Å²) in [5, 5.41) is 18.5. The fourth-order valence-corrected chi connectivity index (χ4v) is 1.52. The number of carboxylic acids is 1. The Morgan fingerprint density at radius 3 is 2.44 bits per heavy atom. The van der Waals surface area contributed by atoms with Crippen molar-refractivity contribution in [2.45, 2.75) is 0 Å². The van der Waals surface area contributed by atoms with Crippen molar-refractivity contribution in [3.05, 3.63) is 59.7 Å². The fourth-order valence-electron chi connectivity index (χ4n) is 1.52. The first-order chi connectivity index (χ1) is 8.68. The minimum Gasteiger partial charge on any atom is -0.506 e. The Kier molecular flexibility index (Phi) is 3.38. The van der Waals surface area contributed by atoms with Gasteiger partial charge in [-0.25, -0.2) is 4.79 Å². The van der Waals surface area contributed by atoms with Gasteiger partial charge in [0.05, 0.1) is 5.56 Å². The Hall–Kier alpha value is -2.62.